The Labute approximate surface area is 258 Å². The first kappa shape index (κ1) is 30.7. The van der Waals surface area contributed by atoms with Crippen LogP contribution in [-0.2, 0) is 23.1 Å². The van der Waals surface area contributed by atoms with E-state index in [-0.39, 0.29) is 16.7 Å². The summed E-state index contributed by atoms with van der Waals surface area (Å²) in [7, 11) is -3.92. The monoisotopic (exact) mass is 623 g/mol. The third-order valence-electron chi connectivity index (χ3n) is 8.37. The number of aromatic nitrogens is 2. The highest BCUT2D eigenvalue weighted by molar-refractivity contribution is 7.89. The van der Waals surface area contributed by atoms with E-state index in [2.05, 4.69) is 75.1 Å². The van der Waals surface area contributed by atoms with E-state index in [1.807, 2.05) is 23.6 Å². The van der Waals surface area contributed by atoms with Crippen LogP contribution in [-0.4, -0.2) is 52.8 Å². The molecule has 0 aliphatic rings. The number of unbranched alkanes of at least 4 members (excludes halogenated alkanes) is 1. The van der Waals surface area contributed by atoms with Crippen molar-refractivity contribution in [1.29, 1.82) is 0 Å². The first-order valence-electron chi connectivity index (χ1n) is 14.7. The Balaban J connectivity index is 1.37. The first-order valence-corrected chi connectivity index (χ1v) is 17.3. The number of hydrogen-bond donors (Lipinski definition) is 0. The summed E-state index contributed by atoms with van der Waals surface area (Å²) in [4.78, 5) is 4.88. The lowest BCUT2D eigenvalue weighted by atomic mass is 10.1. The molecule has 0 amide bonds. The molecule has 0 unspecified atom stereocenters. The van der Waals surface area contributed by atoms with Crippen LogP contribution in [0.3, 0.4) is 0 Å². The molecule has 2 aromatic heterocycles. The highest BCUT2D eigenvalue weighted by Gasteiger charge is 2.32. The standard InChI is InChI=1S/C33H40ClN4O2S2/c1-5-38(6-2,24-28-20-25(3)19-26(4)21-28)17-10-9-15-36(23-27-13-14-29-11-7-8-12-30(29)22-27)42(39,40)32-31(34)35-33-37(32)16-18-41-33/h7-8,11-14,16,18-22H,5-6,9-10,15,17,23-24H2,1-4H3/q+1. The van der Waals surface area contributed by atoms with Crippen LogP contribution in [0.5, 0.6) is 0 Å². The van der Waals surface area contributed by atoms with Crippen molar-refractivity contribution in [3.05, 3.63) is 99.6 Å². The molecule has 5 aromatic rings. The number of halogens is 1. The second-order valence-corrected chi connectivity index (χ2v) is 14.4. The maximum atomic E-state index is 14.2. The molecule has 0 saturated heterocycles. The van der Waals surface area contributed by atoms with Gasteiger partial charge in [0.1, 0.15) is 6.54 Å². The Morgan fingerprint density at radius 3 is 2.36 bits per heavy atom. The fourth-order valence-electron chi connectivity index (χ4n) is 6.04. The number of hydrogen-bond acceptors (Lipinski definition) is 4. The summed E-state index contributed by atoms with van der Waals surface area (Å²) < 4.78 is 32.5. The average molecular weight is 624 g/mol. The third-order valence-corrected chi connectivity index (χ3v) is 11.4. The molecule has 5 rings (SSSR count). The fraction of sp³-hybridized carbons (Fsp3) is 0.364. The Hall–Kier alpha value is -2.75. The number of sulfonamides is 1. The van der Waals surface area contributed by atoms with Crippen molar-refractivity contribution in [2.75, 3.05) is 26.2 Å². The van der Waals surface area contributed by atoms with Gasteiger partial charge in [-0.05, 0) is 62.9 Å². The molecule has 0 spiro atoms. The molecular formula is C33H40ClN4O2S2+. The second kappa shape index (κ2) is 12.9. The number of rotatable bonds is 13. The van der Waals surface area contributed by atoms with Gasteiger partial charge in [-0.25, -0.2) is 13.4 Å². The van der Waals surface area contributed by atoms with Crippen LogP contribution >= 0.6 is 22.9 Å². The molecule has 2 heterocycles. The lowest BCUT2D eigenvalue weighted by Gasteiger charge is -2.37. The van der Waals surface area contributed by atoms with Gasteiger partial charge in [-0.3, -0.25) is 4.40 Å². The highest BCUT2D eigenvalue weighted by Crippen LogP contribution is 2.30. The molecule has 6 nitrogen and oxygen atoms in total. The quantitative estimate of drug-likeness (QED) is 0.0991. The largest absolute Gasteiger partial charge is 0.320 e. The van der Waals surface area contributed by atoms with Crippen molar-refractivity contribution in [3.63, 3.8) is 0 Å². The second-order valence-electron chi connectivity index (χ2n) is 11.3. The van der Waals surface area contributed by atoms with Crippen LogP contribution in [0, 0.1) is 13.8 Å². The van der Waals surface area contributed by atoms with Crippen molar-refractivity contribution in [1.82, 2.24) is 13.7 Å². The Morgan fingerprint density at radius 1 is 0.929 bits per heavy atom. The molecule has 0 atom stereocenters. The van der Waals surface area contributed by atoms with E-state index in [1.165, 1.54) is 28.0 Å². The Kier molecular flexibility index (Phi) is 9.40. The average Bonchev–Trinajstić information content (AvgIpc) is 3.53. The maximum absolute atomic E-state index is 14.2. The molecule has 0 saturated carbocycles. The molecule has 0 aliphatic heterocycles. The number of fused-ring (bicyclic) bond motifs is 2. The summed E-state index contributed by atoms with van der Waals surface area (Å²) in [5, 5.41) is 4.12. The molecule has 3 aromatic carbocycles. The summed E-state index contributed by atoms with van der Waals surface area (Å²) in [5.41, 5.74) is 4.90. The van der Waals surface area contributed by atoms with Crippen molar-refractivity contribution >= 4 is 48.7 Å². The van der Waals surface area contributed by atoms with E-state index in [9.17, 15) is 8.42 Å². The zero-order chi connectivity index (χ0) is 29.9. The number of benzene rings is 3. The minimum Gasteiger partial charge on any atom is -0.320 e. The van der Waals surface area contributed by atoms with Gasteiger partial charge in [0.25, 0.3) is 10.0 Å². The number of aryl methyl sites for hydroxylation is 2. The minimum atomic E-state index is -3.92. The van der Waals surface area contributed by atoms with Gasteiger partial charge in [-0.15, -0.1) is 11.3 Å². The first-order chi connectivity index (χ1) is 20.1. The van der Waals surface area contributed by atoms with Crippen LogP contribution in [0.25, 0.3) is 15.7 Å². The molecule has 9 heteroatoms. The molecular weight excluding hydrogens is 584 g/mol. The molecule has 42 heavy (non-hydrogen) atoms. The SMILES string of the molecule is CC[N+](CC)(CCCCN(Cc1ccc2ccccc2c1)S(=O)(=O)c1c(Cl)nc2sccn12)Cc1cc(C)cc(C)c1. The van der Waals surface area contributed by atoms with E-state index >= 15 is 0 Å². The topological polar surface area (TPSA) is 54.7 Å². The van der Waals surface area contributed by atoms with Crippen LogP contribution < -0.4 is 0 Å². The van der Waals surface area contributed by atoms with Crippen LogP contribution in [0.2, 0.25) is 5.15 Å². The number of nitrogens with zero attached hydrogens (tertiary/aromatic N) is 4. The van der Waals surface area contributed by atoms with Gasteiger partial charge in [0.15, 0.2) is 15.1 Å². The predicted molar refractivity (Wildman–Crippen MR) is 175 cm³/mol. The van der Waals surface area contributed by atoms with Gasteiger partial charge >= 0.3 is 0 Å². The summed E-state index contributed by atoms with van der Waals surface area (Å²) in [6, 6.07) is 21.1. The van der Waals surface area contributed by atoms with E-state index in [0.29, 0.717) is 11.5 Å². The van der Waals surface area contributed by atoms with E-state index in [4.69, 9.17) is 11.6 Å². The van der Waals surface area contributed by atoms with Gasteiger partial charge in [-0.1, -0.05) is 77.3 Å². The van der Waals surface area contributed by atoms with E-state index in [0.717, 1.165) is 59.8 Å². The van der Waals surface area contributed by atoms with Crippen molar-refractivity contribution in [3.8, 4) is 0 Å². The summed E-state index contributed by atoms with van der Waals surface area (Å²) in [6.45, 7) is 13.5. The lowest BCUT2D eigenvalue weighted by molar-refractivity contribution is -0.938. The minimum absolute atomic E-state index is 0.0199. The zero-order valence-electron chi connectivity index (χ0n) is 24.9. The highest BCUT2D eigenvalue weighted by atomic mass is 35.5. The van der Waals surface area contributed by atoms with Gasteiger partial charge in [0, 0.05) is 30.2 Å². The molecule has 0 aliphatic carbocycles. The molecule has 0 fully saturated rings. The third kappa shape index (κ3) is 6.58. The molecule has 0 radical (unpaired) electrons. The Bertz CT molecular complexity index is 1770. The predicted octanol–water partition coefficient (Wildman–Crippen LogP) is 7.85. The zero-order valence-corrected chi connectivity index (χ0v) is 27.3. The van der Waals surface area contributed by atoms with Gasteiger partial charge in [0.05, 0.1) is 19.6 Å². The Morgan fingerprint density at radius 2 is 1.64 bits per heavy atom. The van der Waals surface area contributed by atoms with Gasteiger partial charge in [-0.2, -0.15) is 4.31 Å². The van der Waals surface area contributed by atoms with Gasteiger partial charge < -0.3 is 4.48 Å². The summed E-state index contributed by atoms with van der Waals surface area (Å²) >= 11 is 7.81. The van der Waals surface area contributed by atoms with E-state index in [1.54, 1.807) is 14.9 Å². The normalized spacial score (nSPS) is 12.6. The van der Waals surface area contributed by atoms with Crippen LogP contribution in [0.4, 0.5) is 0 Å². The fourth-order valence-corrected chi connectivity index (χ4v) is 8.92. The van der Waals surface area contributed by atoms with Gasteiger partial charge in [0.2, 0.25) is 0 Å². The number of quaternary nitrogens is 1. The number of imidazole rings is 1. The maximum Gasteiger partial charge on any atom is 0.262 e. The van der Waals surface area contributed by atoms with Crippen LogP contribution in [0.1, 0.15) is 48.9 Å². The number of thiazole rings is 1. The molecule has 0 bridgehead atoms. The molecule has 0 N–H and O–H groups in total. The smallest absolute Gasteiger partial charge is 0.262 e. The summed E-state index contributed by atoms with van der Waals surface area (Å²) in [5.74, 6) is 0. The summed E-state index contributed by atoms with van der Waals surface area (Å²) in [6.07, 6.45) is 3.40. The lowest BCUT2D eigenvalue weighted by Crippen LogP contribution is -2.47. The van der Waals surface area contributed by atoms with Crippen LogP contribution in [0.15, 0.2) is 77.3 Å². The molecule has 222 valence electrons. The van der Waals surface area contributed by atoms with Crippen molar-refractivity contribution in [2.45, 2.75) is 58.7 Å². The van der Waals surface area contributed by atoms with E-state index < -0.39 is 10.0 Å². The van der Waals surface area contributed by atoms with Crippen molar-refractivity contribution in [2.24, 2.45) is 0 Å². The van der Waals surface area contributed by atoms with Crippen molar-refractivity contribution < 1.29 is 12.9 Å².